The predicted octanol–water partition coefficient (Wildman–Crippen LogP) is 3.59. The highest BCUT2D eigenvalue weighted by Gasteiger charge is 2.11. The molecule has 0 spiro atoms. The summed E-state index contributed by atoms with van der Waals surface area (Å²) in [5, 5.41) is 20.6. The number of anilines is 1. The highest BCUT2D eigenvalue weighted by Crippen LogP contribution is 2.26. The lowest BCUT2D eigenvalue weighted by Crippen LogP contribution is -2.21. The van der Waals surface area contributed by atoms with Crippen LogP contribution >= 0.6 is 0 Å². The molecule has 1 aromatic heterocycles. The first-order valence-corrected chi connectivity index (χ1v) is 9.22. The van der Waals surface area contributed by atoms with Crippen molar-refractivity contribution in [3.8, 4) is 11.8 Å². The van der Waals surface area contributed by atoms with E-state index in [1.54, 1.807) is 12.1 Å². The second kappa shape index (κ2) is 8.07. The zero-order valence-electron chi connectivity index (χ0n) is 16.9. The van der Waals surface area contributed by atoms with Gasteiger partial charge in [0.15, 0.2) is 0 Å². The van der Waals surface area contributed by atoms with Crippen molar-refractivity contribution in [1.82, 2.24) is 4.57 Å². The number of carbonyl (C=O) groups excluding carboxylic acids is 1. The van der Waals surface area contributed by atoms with Crippen LogP contribution in [-0.2, 0) is 0 Å². The molecule has 0 radical (unpaired) electrons. The molecule has 3 rings (SSSR count). The molecule has 0 amide bonds. The van der Waals surface area contributed by atoms with Gasteiger partial charge in [0.25, 0.3) is 0 Å². The molecule has 29 heavy (non-hydrogen) atoms. The molecular weight excluding hydrogens is 362 g/mol. The first-order chi connectivity index (χ1) is 13.8. The van der Waals surface area contributed by atoms with E-state index < -0.39 is 5.97 Å². The number of hydrogen-bond donors (Lipinski definition) is 0. The molecule has 5 nitrogen and oxygen atoms in total. The Morgan fingerprint density at radius 3 is 2.14 bits per heavy atom. The number of aromatic nitrogens is 1. The van der Waals surface area contributed by atoms with E-state index in [0.717, 1.165) is 28.3 Å². The molecule has 2 aromatic carbocycles. The van der Waals surface area contributed by atoms with Crippen LogP contribution in [0.5, 0.6) is 0 Å². The Bertz CT molecular complexity index is 1110. The van der Waals surface area contributed by atoms with Gasteiger partial charge in [0.1, 0.15) is 0 Å². The normalized spacial score (nSPS) is 11.2. The molecule has 5 heteroatoms. The third-order valence-corrected chi connectivity index (χ3v) is 4.95. The van der Waals surface area contributed by atoms with Gasteiger partial charge in [-0.3, -0.25) is 0 Å². The van der Waals surface area contributed by atoms with Crippen molar-refractivity contribution in [2.75, 3.05) is 19.0 Å². The van der Waals surface area contributed by atoms with Crippen molar-refractivity contribution in [3.63, 3.8) is 0 Å². The minimum atomic E-state index is -1.23. The first kappa shape index (κ1) is 20.0. The quantitative estimate of drug-likeness (QED) is 0.630. The molecule has 0 unspecified atom stereocenters. The maximum atomic E-state index is 10.9. The molecular formula is C24H22N3O2-. The molecule has 0 atom stereocenters. The van der Waals surface area contributed by atoms with Crippen LogP contribution in [0.4, 0.5) is 5.69 Å². The van der Waals surface area contributed by atoms with Crippen LogP contribution in [-0.4, -0.2) is 24.6 Å². The third kappa shape index (κ3) is 4.07. The van der Waals surface area contributed by atoms with Gasteiger partial charge in [-0.15, -0.1) is 0 Å². The van der Waals surface area contributed by atoms with Gasteiger partial charge in [-0.25, -0.2) is 0 Å². The van der Waals surface area contributed by atoms with Gasteiger partial charge in [-0.2, -0.15) is 5.26 Å². The number of nitrogens with zero attached hydrogens (tertiary/aromatic N) is 3. The lowest BCUT2D eigenvalue weighted by atomic mass is 10.0. The number of rotatable bonds is 5. The standard InChI is InChI=1S/C24H23N3O2/c1-16-13-20(14-21(15-25)18-5-7-19(8-6-18)24(28)29)17(2)27(16)23-11-9-22(10-12-23)26(3)4/h5-14H,1-4H3,(H,28,29)/p-1/b21-14-. The monoisotopic (exact) mass is 384 g/mol. The molecule has 0 aliphatic carbocycles. The van der Waals surface area contributed by atoms with E-state index in [1.807, 2.05) is 40.1 Å². The number of carboxylic acid groups (broad SMARTS) is 1. The maximum Gasteiger partial charge on any atom is 0.0998 e. The van der Waals surface area contributed by atoms with Crippen LogP contribution < -0.4 is 10.0 Å². The van der Waals surface area contributed by atoms with Crippen LogP contribution in [0.15, 0.2) is 54.6 Å². The van der Waals surface area contributed by atoms with Crippen molar-refractivity contribution in [2.45, 2.75) is 13.8 Å². The highest BCUT2D eigenvalue weighted by molar-refractivity contribution is 5.92. The average molecular weight is 384 g/mol. The second-order valence-electron chi connectivity index (χ2n) is 7.11. The van der Waals surface area contributed by atoms with E-state index in [9.17, 15) is 15.2 Å². The van der Waals surface area contributed by atoms with E-state index in [2.05, 4.69) is 39.8 Å². The fourth-order valence-corrected chi connectivity index (χ4v) is 3.35. The summed E-state index contributed by atoms with van der Waals surface area (Å²) in [6.45, 7) is 4.05. The van der Waals surface area contributed by atoms with Gasteiger partial charge in [0, 0.05) is 36.9 Å². The fourth-order valence-electron chi connectivity index (χ4n) is 3.35. The summed E-state index contributed by atoms with van der Waals surface area (Å²) in [6.07, 6.45) is 1.83. The third-order valence-electron chi connectivity index (χ3n) is 4.95. The smallest absolute Gasteiger partial charge is 0.0998 e. The Morgan fingerprint density at radius 1 is 1.03 bits per heavy atom. The van der Waals surface area contributed by atoms with E-state index in [1.165, 1.54) is 12.1 Å². The fraction of sp³-hybridized carbons (Fsp3) is 0.167. The lowest BCUT2D eigenvalue weighted by molar-refractivity contribution is -0.255. The van der Waals surface area contributed by atoms with Crippen LogP contribution in [0.3, 0.4) is 0 Å². The zero-order valence-corrected chi connectivity index (χ0v) is 16.9. The summed E-state index contributed by atoms with van der Waals surface area (Å²) in [5.41, 5.74) is 6.45. The average Bonchev–Trinajstić information content (AvgIpc) is 2.99. The summed E-state index contributed by atoms with van der Waals surface area (Å²) in [7, 11) is 4.01. The Hall–Kier alpha value is -3.78. The summed E-state index contributed by atoms with van der Waals surface area (Å²) >= 11 is 0. The molecule has 0 saturated heterocycles. The largest absolute Gasteiger partial charge is 0.545 e. The SMILES string of the molecule is Cc1cc(/C=C(/C#N)c2ccc(C(=O)[O-])cc2)c(C)n1-c1ccc(N(C)C)cc1. The number of carboxylic acids is 1. The van der Waals surface area contributed by atoms with Gasteiger partial charge in [0.05, 0.1) is 17.6 Å². The van der Waals surface area contributed by atoms with Gasteiger partial charge in [0.2, 0.25) is 0 Å². The molecule has 3 aromatic rings. The van der Waals surface area contributed by atoms with Crippen LogP contribution in [0.2, 0.25) is 0 Å². The number of hydrogen-bond acceptors (Lipinski definition) is 4. The van der Waals surface area contributed by atoms with Gasteiger partial charge in [-0.1, -0.05) is 24.3 Å². The Labute approximate surface area is 170 Å². The molecule has 1 heterocycles. The van der Waals surface area contributed by atoms with Gasteiger partial charge in [-0.05, 0) is 66.9 Å². The molecule has 0 fully saturated rings. The number of carbonyl (C=O) groups is 1. The molecule has 146 valence electrons. The van der Waals surface area contributed by atoms with Crippen LogP contribution in [0.1, 0.15) is 32.9 Å². The summed E-state index contributed by atoms with van der Waals surface area (Å²) < 4.78 is 2.15. The van der Waals surface area contributed by atoms with E-state index >= 15 is 0 Å². The first-order valence-electron chi connectivity index (χ1n) is 9.22. The van der Waals surface area contributed by atoms with Crippen molar-refractivity contribution in [2.24, 2.45) is 0 Å². The zero-order chi connectivity index (χ0) is 21.1. The topological polar surface area (TPSA) is 72.1 Å². The van der Waals surface area contributed by atoms with Gasteiger partial charge < -0.3 is 19.4 Å². The number of aromatic carboxylic acids is 1. The minimum absolute atomic E-state index is 0.0883. The summed E-state index contributed by atoms with van der Waals surface area (Å²) in [4.78, 5) is 13.0. The number of aryl methyl sites for hydroxylation is 1. The Kier molecular flexibility index (Phi) is 5.56. The maximum absolute atomic E-state index is 10.9. The van der Waals surface area contributed by atoms with Crippen molar-refractivity contribution < 1.29 is 9.90 Å². The molecule has 0 N–H and O–H groups in total. The summed E-state index contributed by atoms with van der Waals surface area (Å²) in [5.74, 6) is -1.23. The van der Waals surface area contributed by atoms with Crippen molar-refractivity contribution >= 4 is 23.3 Å². The lowest BCUT2D eigenvalue weighted by Gasteiger charge is -2.15. The van der Waals surface area contributed by atoms with E-state index in [4.69, 9.17) is 0 Å². The summed E-state index contributed by atoms with van der Waals surface area (Å²) in [6, 6.07) is 18.7. The molecule has 0 saturated carbocycles. The van der Waals surface area contributed by atoms with Gasteiger partial charge >= 0.3 is 0 Å². The number of allylic oxidation sites excluding steroid dienone is 1. The van der Waals surface area contributed by atoms with Crippen molar-refractivity contribution in [1.29, 1.82) is 5.26 Å². The van der Waals surface area contributed by atoms with Crippen LogP contribution in [0.25, 0.3) is 17.3 Å². The molecule has 0 bridgehead atoms. The highest BCUT2D eigenvalue weighted by atomic mass is 16.4. The minimum Gasteiger partial charge on any atom is -0.545 e. The van der Waals surface area contributed by atoms with Crippen LogP contribution in [0, 0.1) is 25.2 Å². The number of benzene rings is 2. The number of nitriles is 1. The Balaban J connectivity index is 2.00. The van der Waals surface area contributed by atoms with Crippen molar-refractivity contribution in [3.05, 3.63) is 82.7 Å². The molecule has 0 aliphatic heterocycles. The van der Waals surface area contributed by atoms with E-state index in [0.29, 0.717) is 11.1 Å². The second-order valence-corrected chi connectivity index (χ2v) is 7.11. The predicted molar refractivity (Wildman–Crippen MR) is 114 cm³/mol. The molecule has 0 aliphatic rings. The Morgan fingerprint density at radius 2 is 1.62 bits per heavy atom. The van der Waals surface area contributed by atoms with E-state index in [-0.39, 0.29) is 5.56 Å².